The van der Waals surface area contributed by atoms with Crippen molar-refractivity contribution >= 4 is 29.1 Å². The first-order valence-electron chi connectivity index (χ1n) is 10.3. The molecule has 29 heavy (non-hydrogen) atoms. The van der Waals surface area contributed by atoms with Crippen LogP contribution in [0.4, 0.5) is 11.8 Å². The fourth-order valence-electron chi connectivity index (χ4n) is 3.57. The molecule has 8 heteroatoms. The van der Waals surface area contributed by atoms with E-state index in [-0.39, 0.29) is 6.10 Å². The zero-order valence-electron chi connectivity index (χ0n) is 16.5. The largest absolute Gasteiger partial charge is 0.439 e. The van der Waals surface area contributed by atoms with E-state index in [0.29, 0.717) is 23.5 Å². The third-order valence-corrected chi connectivity index (χ3v) is 5.32. The van der Waals surface area contributed by atoms with Crippen molar-refractivity contribution in [3.05, 3.63) is 36.4 Å². The highest BCUT2D eigenvalue weighted by Gasteiger charge is 2.18. The van der Waals surface area contributed by atoms with E-state index in [4.69, 9.17) is 21.7 Å². The van der Waals surface area contributed by atoms with Crippen LogP contribution in [0.25, 0.3) is 0 Å². The Bertz CT molecular complexity index is 808. The number of thiocarbonyl (C=S) groups is 1. The molecule has 2 fully saturated rings. The van der Waals surface area contributed by atoms with Crippen molar-refractivity contribution in [2.75, 3.05) is 36.5 Å². The van der Waals surface area contributed by atoms with Crippen molar-refractivity contribution < 1.29 is 9.47 Å². The molecule has 0 saturated carbocycles. The van der Waals surface area contributed by atoms with E-state index >= 15 is 0 Å². The first-order chi connectivity index (χ1) is 14.3. The normalized spacial score (nSPS) is 19.0. The molecule has 2 aromatic rings. The molecule has 2 aliphatic rings. The van der Waals surface area contributed by atoms with Gasteiger partial charge in [0, 0.05) is 32.3 Å². The summed E-state index contributed by atoms with van der Waals surface area (Å²) in [5.41, 5.74) is 0. The van der Waals surface area contributed by atoms with Crippen molar-refractivity contribution in [1.29, 1.82) is 0 Å². The molecule has 1 aromatic carbocycles. The van der Waals surface area contributed by atoms with E-state index in [0.717, 1.165) is 44.1 Å². The molecule has 3 heterocycles. The second kappa shape index (κ2) is 9.84. The molecule has 154 valence electrons. The van der Waals surface area contributed by atoms with Crippen LogP contribution < -0.4 is 20.3 Å². The summed E-state index contributed by atoms with van der Waals surface area (Å²) < 4.78 is 11.6. The zero-order valence-corrected chi connectivity index (χ0v) is 17.3. The molecule has 4 rings (SSSR count). The van der Waals surface area contributed by atoms with Gasteiger partial charge in [0.2, 0.25) is 11.8 Å². The molecule has 1 atom stereocenters. The number of para-hydroxylation sites is 1. The van der Waals surface area contributed by atoms with Crippen LogP contribution >= 0.6 is 12.2 Å². The van der Waals surface area contributed by atoms with Crippen LogP contribution in [0, 0.1) is 0 Å². The summed E-state index contributed by atoms with van der Waals surface area (Å²) in [5.74, 6) is 2.52. The number of nitrogens with one attached hydrogen (secondary N) is 2. The highest BCUT2D eigenvalue weighted by molar-refractivity contribution is 7.80. The number of aromatic nitrogens is 2. The highest BCUT2D eigenvalue weighted by atomic mass is 32.1. The molecule has 2 saturated heterocycles. The van der Waals surface area contributed by atoms with Gasteiger partial charge in [-0.1, -0.05) is 18.2 Å². The monoisotopic (exact) mass is 413 g/mol. The first-order valence-corrected chi connectivity index (χ1v) is 10.7. The Hall–Kier alpha value is -2.45. The van der Waals surface area contributed by atoms with Gasteiger partial charge >= 0.3 is 0 Å². The van der Waals surface area contributed by atoms with Crippen molar-refractivity contribution in [2.24, 2.45) is 0 Å². The van der Waals surface area contributed by atoms with Crippen LogP contribution in [-0.2, 0) is 4.74 Å². The topological polar surface area (TPSA) is 71.5 Å². The van der Waals surface area contributed by atoms with Gasteiger partial charge in [-0.05, 0) is 56.5 Å². The van der Waals surface area contributed by atoms with Gasteiger partial charge in [0.15, 0.2) is 5.11 Å². The van der Waals surface area contributed by atoms with Gasteiger partial charge in [0.25, 0.3) is 0 Å². The van der Waals surface area contributed by atoms with Crippen molar-refractivity contribution in [2.45, 2.75) is 38.2 Å². The lowest BCUT2D eigenvalue weighted by Crippen LogP contribution is -2.35. The summed E-state index contributed by atoms with van der Waals surface area (Å²) >= 11 is 5.43. The van der Waals surface area contributed by atoms with Crippen LogP contribution in [-0.4, -0.2) is 47.4 Å². The average Bonchev–Trinajstić information content (AvgIpc) is 3.27. The number of ether oxygens (including phenoxy) is 2. The van der Waals surface area contributed by atoms with E-state index in [2.05, 4.69) is 25.5 Å². The summed E-state index contributed by atoms with van der Waals surface area (Å²) in [4.78, 5) is 11.5. The molecule has 0 radical (unpaired) electrons. The first kappa shape index (κ1) is 19.8. The van der Waals surface area contributed by atoms with E-state index < -0.39 is 0 Å². The molecule has 0 amide bonds. The Morgan fingerprint density at radius 1 is 1.14 bits per heavy atom. The summed E-state index contributed by atoms with van der Waals surface area (Å²) in [7, 11) is 0. The maximum Gasteiger partial charge on any atom is 0.234 e. The van der Waals surface area contributed by atoms with Crippen molar-refractivity contribution in [3.63, 3.8) is 0 Å². The summed E-state index contributed by atoms with van der Waals surface area (Å²) in [6.07, 6.45) is 5.98. The van der Waals surface area contributed by atoms with Gasteiger partial charge in [-0.15, -0.1) is 0 Å². The Labute approximate surface area is 176 Å². The maximum atomic E-state index is 5.97. The van der Waals surface area contributed by atoms with Crippen LogP contribution in [0.1, 0.15) is 32.1 Å². The predicted molar refractivity (Wildman–Crippen MR) is 118 cm³/mol. The van der Waals surface area contributed by atoms with Gasteiger partial charge in [0.05, 0.1) is 6.10 Å². The van der Waals surface area contributed by atoms with Gasteiger partial charge in [0.1, 0.15) is 11.6 Å². The molecule has 0 aliphatic carbocycles. The number of nitrogens with zero attached hydrogens (tertiary/aromatic N) is 3. The number of rotatable bonds is 6. The summed E-state index contributed by atoms with van der Waals surface area (Å²) in [6.45, 7) is 3.49. The highest BCUT2D eigenvalue weighted by Crippen LogP contribution is 2.26. The van der Waals surface area contributed by atoms with Gasteiger partial charge in [-0.25, -0.2) is 0 Å². The molecule has 2 aliphatic heterocycles. The third-order valence-electron chi connectivity index (χ3n) is 5.07. The second-order valence-electron chi connectivity index (χ2n) is 7.32. The van der Waals surface area contributed by atoms with Crippen LogP contribution in [0.5, 0.6) is 11.6 Å². The lowest BCUT2D eigenvalue weighted by molar-refractivity contribution is 0.114. The van der Waals surface area contributed by atoms with Crippen LogP contribution in [0.2, 0.25) is 0 Å². The molecular formula is C21H27N5O2S. The molecular weight excluding hydrogens is 386 g/mol. The van der Waals surface area contributed by atoms with E-state index in [1.165, 1.54) is 19.3 Å². The standard InChI is InChI=1S/C21H27N5O2S/c29-21(22-15-17-10-7-13-27-17)25-20-23-18(26-11-5-2-6-12-26)14-19(24-20)28-16-8-3-1-4-9-16/h1,3-4,8-9,14,17H,2,5-7,10-13,15H2,(H2,22,23,24,25,29). The maximum absolute atomic E-state index is 5.97. The van der Waals surface area contributed by atoms with E-state index in [9.17, 15) is 0 Å². The van der Waals surface area contributed by atoms with Crippen molar-refractivity contribution in [3.8, 4) is 11.6 Å². The van der Waals surface area contributed by atoms with Gasteiger partial charge < -0.3 is 25.0 Å². The average molecular weight is 414 g/mol. The van der Waals surface area contributed by atoms with Crippen LogP contribution in [0.15, 0.2) is 36.4 Å². The lowest BCUT2D eigenvalue weighted by atomic mass is 10.1. The number of piperidine rings is 1. The summed E-state index contributed by atoms with van der Waals surface area (Å²) in [6, 6.07) is 11.5. The number of anilines is 2. The van der Waals surface area contributed by atoms with Crippen LogP contribution in [0.3, 0.4) is 0 Å². The minimum absolute atomic E-state index is 0.215. The number of benzene rings is 1. The molecule has 7 nitrogen and oxygen atoms in total. The zero-order chi connectivity index (χ0) is 19.9. The molecule has 0 spiro atoms. The molecule has 1 unspecified atom stereocenters. The lowest BCUT2D eigenvalue weighted by Gasteiger charge is -2.28. The molecule has 2 N–H and O–H groups in total. The Kier molecular flexibility index (Phi) is 6.74. The quantitative estimate of drug-likeness (QED) is 0.695. The fraction of sp³-hybridized carbons (Fsp3) is 0.476. The minimum atomic E-state index is 0.215. The molecule has 0 bridgehead atoms. The molecule has 1 aromatic heterocycles. The van der Waals surface area contributed by atoms with Gasteiger partial charge in [-0.2, -0.15) is 9.97 Å². The SMILES string of the molecule is S=C(NCC1CCCO1)Nc1nc(Oc2ccccc2)cc(N2CCCCC2)n1. The number of hydrogen-bond donors (Lipinski definition) is 2. The van der Waals surface area contributed by atoms with E-state index in [1.54, 1.807) is 0 Å². The minimum Gasteiger partial charge on any atom is -0.439 e. The Morgan fingerprint density at radius 3 is 2.72 bits per heavy atom. The Morgan fingerprint density at radius 2 is 1.97 bits per heavy atom. The van der Waals surface area contributed by atoms with Crippen molar-refractivity contribution in [1.82, 2.24) is 15.3 Å². The van der Waals surface area contributed by atoms with E-state index in [1.807, 2.05) is 36.4 Å². The smallest absolute Gasteiger partial charge is 0.234 e. The van der Waals surface area contributed by atoms with Gasteiger partial charge in [-0.3, -0.25) is 0 Å². The summed E-state index contributed by atoms with van der Waals surface area (Å²) in [5, 5.41) is 6.80. The number of hydrogen-bond acceptors (Lipinski definition) is 6. The Balaban J connectivity index is 1.47. The third kappa shape index (κ3) is 5.77. The fourth-order valence-corrected chi connectivity index (χ4v) is 3.75. The predicted octanol–water partition coefficient (Wildman–Crippen LogP) is 3.72. The second-order valence-corrected chi connectivity index (χ2v) is 7.73.